The Kier molecular flexibility index (Phi) is 6.56. The zero-order chi connectivity index (χ0) is 17.5. The molecule has 0 aliphatic heterocycles. The first kappa shape index (κ1) is 18.1. The van der Waals surface area contributed by atoms with Gasteiger partial charge in [-0.1, -0.05) is 88.7 Å². The molecule has 4 heteroatoms. The van der Waals surface area contributed by atoms with E-state index >= 15 is 0 Å². The lowest BCUT2D eigenvalue weighted by molar-refractivity contribution is 0.624. The molecule has 3 aromatic rings. The Bertz CT molecular complexity index is 806. The van der Waals surface area contributed by atoms with E-state index < -0.39 is 11.0 Å². The quantitative estimate of drug-likeness (QED) is 0.531. The van der Waals surface area contributed by atoms with E-state index in [1.54, 1.807) is 0 Å². The third-order valence-corrected chi connectivity index (χ3v) is 5.87. The Labute approximate surface area is 160 Å². The summed E-state index contributed by atoms with van der Waals surface area (Å²) in [5, 5.41) is 0.800. The van der Waals surface area contributed by atoms with Gasteiger partial charge < -0.3 is 0 Å². The van der Waals surface area contributed by atoms with Crippen LogP contribution < -0.4 is 4.72 Å². The highest BCUT2D eigenvalue weighted by molar-refractivity contribution is 9.08. The smallest absolute Gasteiger partial charge is 0.125 e. The minimum absolute atomic E-state index is 0.0136. The van der Waals surface area contributed by atoms with Crippen LogP contribution in [0.3, 0.4) is 0 Å². The van der Waals surface area contributed by atoms with Gasteiger partial charge in [-0.15, -0.1) is 0 Å². The molecule has 0 fully saturated rings. The minimum atomic E-state index is -1.26. The molecular weight excluding hydrogens is 394 g/mol. The molecule has 1 N–H and O–H groups in total. The fraction of sp³-hybridized carbons (Fsp3) is 0.143. The normalized spacial score (nSPS) is 13.3. The van der Waals surface area contributed by atoms with Gasteiger partial charge in [0.2, 0.25) is 0 Å². The molecule has 2 atom stereocenters. The topological polar surface area (TPSA) is 29.1 Å². The first-order chi connectivity index (χ1) is 12.3. The van der Waals surface area contributed by atoms with E-state index in [1.807, 2.05) is 60.7 Å². The molecule has 0 saturated carbocycles. The molecule has 2 unspecified atom stereocenters. The Hall–Kier alpha value is -1.75. The fourth-order valence-corrected chi connectivity index (χ4v) is 4.03. The highest BCUT2D eigenvalue weighted by Gasteiger charge is 2.16. The van der Waals surface area contributed by atoms with Crippen LogP contribution in [0.15, 0.2) is 89.8 Å². The number of nitrogens with one attached hydrogen (secondary N) is 1. The molecule has 0 aliphatic carbocycles. The van der Waals surface area contributed by atoms with Gasteiger partial charge in [0, 0.05) is 11.4 Å². The number of alkyl halides is 1. The maximum atomic E-state index is 12.8. The Balaban J connectivity index is 1.80. The van der Waals surface area contributed by atoms with E-state index in [2.05, 4.69) is 44.9 Å². The molecule has 2 nitrogen and oxygen atoms in total. The monoisotopic (exact) mass is 413 g/mol. The lowest BCUT2D eigenvalue weighted by Gasteiger charge is -2.19. The number of hydrogen-bond acceptors (Lipinski definition) is 1. The fourth-order valence-electron chi connectivity index (χ4n) is 2.66. The summed E-state index contributed by atoms with van der Waals surface area (Å²) in [7, 11) is -1.26. The second-order valence-electron chi connectivity index (χ2n) is 5.82. The summed E-state index contributed by atoms with van der Waals surface area (Å²) in [6.07, 6.45) is 0.788. The van der Waals surface area contributed by atoms with Crippen molar-refractivity contribution in [3.05, 3.63) is 102 Å². The van der Waals surface area contributed by atoms with E-state index in [4.69, 9.17) is 0 Å². The predicted octanol–water partition coefficient (Wildman–Crippen LogP) is 5.18. The molecule has 0 amide bonds. The van der Waals surface area contributed by atoms with Gasteiger partial charge in [0.1, 0.15) is 11.0 Å². The third-order valence-electron chi connectivity index (χ3n) is 4.03. The average molecular weight is 414 g/mol. The summed E-state index contributed by atoms with van der Waals surface area (Å²) in [5.41, 5.74) is 3.52. The molecule has 3 aromatic carbocycles. The number of halogens is 1. The number of hydrogen-bond donors (Lipinski definition) is 1. The van der Waals surface area contributed by atoms with E-state index in [0.717, 1.165) is 22.2 Å². The summed E-state index contributed by atoms with van der Waals surface area (Å²) >= 11 is 3.44. The van der Waals surface area contributed by atoms with Crippen molar-refractivity contribution in [1.82, 2.24) is 4.72 Å². The molecule has 128 valence electrons. The van der Waals surface area contributed by atoms with Crippen LogP contribution in [0, 0.1) is 0 Å². The van der Waals surface area contributed by atoms with Crippen LogP contribution in [0.1, 0.15) is 22.7 Å². The second kappa shape index (κ2) is 9.09. The van der Waals surface area contributed by atoms with Crippen LogP contribution in [-0.2, 0) is 22.7 Å². The lowest BCUT2D eigenvalue weighted by Crippen LogP contribution is -2.25. The lowest BCUT2D eigenvalue weighted by atomic mass is 10.00. The van der Waals surface area contributed by atoms with Crippen LogP contribution in [0.2, 0.25) is 0 Å². The highest BCUT2D eigenvalue weighted by Crippen LogP contribution is 2.20. The molecular formula is C21H20BrNOS. The van der Waals surface area contributed by atoms with Crippen LogP contribution in [-0.4, -0.2) is 4.21 Å². The molecule has 0 heterocycles. The van der Waals surface area contributed by atoms with E-state index in [9.17, 15) is 4.21 Å². The molecule has 0 bridgehead atoms. The maximum Gasteiger partial charge on any atom is 0.125 e. The first-order valence-electron chi connectivity index (χ1n) is 8.18. The second-order valence-corrected chi connectivity index (χ2v) is 7.62. The first-order valence-corrected chi connectivity index (χ1v) is 10.4. The van der Waals surface area contributed by atoms with Crippen LogP contribution >= 0.6 is 15.9 Å². The van der Waals surface area contributed by atoms with E-state index in [0.29, 0.717) is 0 Å². The molecule has 3 rings (SSSR count). The maximum absolute atomic E-state index is 12.8. The SMILES string of the molecule is O=S(NC(Cc1ccccc1)c1ccccc1)c1ccc(CBr)cc1. The molecule has 0 radical (unpaired) electrons. The van der Waals surface area contributed by atoms with Crippen molar-refractivity contribution < 1.29 is 4.21 Å². The van der Waals surface area contributed by atoms with Crippen LogP contribution in [0.4, 0.5) is 0 Å². The van der Waals surface area contributed by atoms with Crippen molar-refractivity contribution >= 4 is 26.9 Å². The van der Waals surface area contributed by atoms with Crippen LogP contribution in [0.25, 0.3) is 0 Å². The summed E-state index contributed by atoms with van der Waals surface area (Å²) in [5.74, 6) is 0. The number of rotatable bonds is 7. The molecule has 0 saturated heterocycles. The van der Waals surface area contributed by atoms with Crippen molar-refractivity contribution in [2.75, 3.05) is 0 Å². The van der Waals surface area contributed by atoms with Gasteiger partial charge in [-0.05, 0) is 35.2 Å². The minimum Gasteiger partial charge on any atom is -0.237 e. The Morgan fingerprint density at radius 2 is 1.40 bits per heavy atom. The van der Waals surface area contributed by atoms with E-state index in [-0.39, 0.29) is 6.04 Å². The van der Waals surface area contributed by atoms with Crippen LogP contribution in [0.5, 0.6) is 0 Å². The summed E-state index contributed by atoms with van der Waals surface area (Å²) in [4.78, 5) is 0.790. The summed E-state index contributed by atoms with van der Waals surface area (Å²) < 4.78 is 16.1. The van der Waals surface area contributed by atoms with Crippen molar-refractivity contribution in [2.45, 2.75) is 22.7 Å². The van der Waals surface area contributed by atoms with Gasteiger partial charge >= 0.3 is 0 Å². The Morgan fingerprint density at radius 1 is 0.800 bits per heavy atom. The van der Waals surface area contributed by atoms with E-state index in [1.165, 1.54) is 11.1 Å². The van der Waals surface area contributed by atoms with Gasteiger partial charge in [0.15, 0.2) is 0 Å². The predicted molar refractivity (Wildman–Crippen MR) is 108 cm³/mol. The summed E-state index contributed by atoms with van der Waals surface area (Å²) in [6.45, 7) is 0. The van der Waals surface area contributed by atoms with Crippen molar-refractivity contribution in [1.29, 1.82) is 0 Å². The van der Waals surface area contributed by atoms with Crippen molar-refractivity contribution in [3.8, 4) is 0 Å². The molecule has 0 spiro atoms. The van der Waals surface area contributed by atoms with Crippen molar-refractivity contribution in [2.24, 2.45) is 0 Å². The third kappa shape index (κ3) is 5.11. The van der Waals surface area contributed by atoms with Crippen molar-refractivity contribution in [3.63, 3.8) is 0 Å². The summed E-state index contributed by atoms with van der Waals surface area (Å²) in [6, 6.07) is 28.3. The average Bonchev–Trinajstić information content (AvgIpc) is 2.69. The molecule has 0 aliphatic rings. The highest BCUT2D eigenvalue weighted by atomic mass is 79.9. The van der Waals surface area contributed by atoms with Gasteiger partial charge in [-0.25, -0.2) is 8.93 Å². The zero-order valence-electron chi connectivity index (χ0n) is 13.8. The van der Waals surface area contributed by atoms with Gasteiger partial charge in [0.05, 0.1) is 4.90 Å². The molecule has 0 aromatic heterocycles. The largest absolute Gasteiger partial charge is 0.237 e. The number of benzene rings is 3. The molecule has 25 heavy (non-hydrogen) atoms. The van der Waals surface area contributed by atoms with Gasteiger partial charge in [0.25, 0.3) is 0 Å². The zero-order valence-corrected chi connectivity index (χ0v) is 16.2. The Morgan fingerprint density at radius 3 is 2.00 bits per heavy atom. The van der Waals surface area contributed by atoms with Gasteiger partial charge in [-0.3, -0.25) is 0 Å². The van der Waals surface area contributed by atoms with Gasteiger partial charge in [-0.2, -0.15) is 0 Å². The standard InChI is InChI=1S/C21H20BrNOS/c22-16-18-11-13-20(14-12-18)25(24)23-21(19-9-5-2-6-10-19)15-17-7-3-1-4-8-17/h1-14,21,23H,15-16H2.